The largest absolute Gasteiger partial charge is 0.481 e. The Labute approximate surface area is 291 Å². The first-order valence-electron chi connectivity index (χ1n) is 15.6. The van der Waals surface area contributed by atoms with Crippen molar-refractivity contribution in [2.24, 2.45) is 28.1 Å². The molecular formula is C28H48N10O13. The molecule has 0 radical (unpaired) electrons. The molecule has 23 nitrogen and oxygen atoms in total. The smallest absolute Gasteiger partial charge is 0.326 e. The molecule has 0 heterocycles. The Balaban J connectivity index is 5.95. The molecule has 0 aliphatic carbocycles. The highest BCUT2D eigenvalue weighted by Crippen LogP contribution is 2.08. The fourth-order valence-corrected chi connectivity index (χ4v) is 4.03. The Bertz CT molecular complexity index is 1290. The van der Waals surface area contributed by atoms with Crippen molar-refractivity contribution in [3.05, 3.63) is 0 Å². The lowest BCUT2D eigenvalue weighted by Gasteiger charge is -2.26. The second-order valence-electron chi connectivity index (χ2n) is 11.4. The van der Waals surface area contributed by atoms with Crippen molar-refractivity contribution in [2.45, 2.75) is 82.6 Å². The molecule has 16 N–H and O–H groups in total. The molecule has 0 aromatic rings. The number of rotatable bonds is 25. The summed E-state index contributed by atoms with van der Waals surface area (Å²) in [6.45, 7) is 1.04. The molecule has 0 spiro atoms. The van der Waals surface area contributed by atoms with Crippen LogP contribution in [0, 0.1) is 5.92 Å². The molecule has 6 amide bonds. The van der Waals surface area contributed by atoms with Crippen LogP contribution in [0.5, 0.6) is 0 Å². The Morgan fingerprint density at radius 1 is 0.647 bits per heavy atom. The number of aliphatic imine (C=N–C) groups is 1. The van der Waals surface area contributed by atoms with E-state index in [0.29, 0.717) is 0 Å². The van der Waals surface area contributed by atoms with Crippen LogP contribution < -0.4 is 49.1 Å². The molecule has 0 aliphatic heterocycles. The highest BCUT2D eigenvalue weighted by atomic mass is 16.4. The number of nitrogens with one attached hydrogen (secondary N) is 6. The van der Waals surface area contributed by atoms with Gasteiger partial charge in [0, 0.05) is 19.4 Å². The number of carbonyl (C=O) groups excluding carboxylic acids is 6. The number of guanidine groups is 1. The number of aliphatic hydroxyl groups excluding tert-OH is 1. The van der Waals surface area contributed by atoms with E-state index in [9.17, 15) is 53.4 Å². The summed E-state index contributed by atoms with van der Waals surface area (Å²) >= 11 is 0. The first-order chi connectivity index (χ1) is 23.8. The zero-order chi connectivity index (χ0) is 39.3. The summed E-state index contributed by atoms with van der Waals surface area (Å²) in [5, 5.41) is 50.1. The molecule has 5 atom stereocenters. The molecule has 0 aromatic carbocycles. The number of carboxylic acid groups (broad SMARTS) is 3. The molecule has 0 saturated heterocycles. The lowest BCUT2D eigenvalue weighted by atomic mass is 10.0. The minimum atomic E-state index is -1.65. The molecule has 23 heteroatoms. The minimum Gasteiger partial charge on any atom is -0.481 e. The lowest BCUT2D eigenvalue weighted by molar-refractivity contribution is -0.143. The fourth-order valence-electron chi connectivity index (χ4n) is 4.03. The Morgan fingerprint density at radius 3 is 1.57 bits per heavy atom. The van der Waals surface area contributed by atoms with Crippen molar-refractivity contribution < 1.29 is 63.6 Å². The van der Waals surface area contributed by atoms with Gasteiger partial charge in [0.05, 0.1) is 19.7 Å². The number of hydrogen-bond acceptors (Lipinski definition) is 12. The quantitative estimate of drug-likeness (QED) is 0.0236. The van der Waals surface area contributed by atoms with Crippen LogP contribution in [0.25, 0.3) is 0 Å². The van der Waals surface area contributed by atoms with Gasteiger partial charge in [0.1, 0.15) is 30.2 Å². The number of carboxylic acids is 3. The van der Waals surface area contributed by atoms with Crippen LogP contribution in [-0.2, 0) is 43.2 Å². The van der Waals surface area contributed by atoms with Crippen molar-refractivity contribution in [3.63, 3.8) is 0 Å². The summed E-state index contributed by atoms with van der Waals surface area (Å²) in [7, 11) is 0. The van der Waals surface area contributed by atoms with Crippen LogP contribution >= 0.6 is 0 Å². The standard InChI is InChI=1S/C28H48N10O13/c1-13(2)22(27(50)51)38-26(49)15(4-3-9-32-28(30)31)36-25(48)17(6-8-21(44)45)37-24(47)16(5-7-20(42)43)35-19(41)11-33-18(40)10-34-23(46)14(29)12-39/h13-17,22,39H,3-12,29H2,1-2H3,(H,33,40)(H,34,46)(H,35,41)(H,36,48)(H,37,47)(H,38,49)(H,42,43)(H,44,45)(H,50,51)(H4,30,31,32)/t14-,15-,16-,17-,22-/m0/s1. The predicted octanol–water partition coefficient (Wildman–Crippen LogP) is -6.00. The Hall–Kier alpha value is -5.58. The number of carbonyl (C=O) groups is 9. The van der Waals surface area contributed by atoms with Crippen molar-refractivity contribution >= 4 is 59.3 Å². The van der Waals surface area contributed by atoms with E-state index < -0.39 is 135 Å². The van der Waals surface area contributed by atoms with Gasteiger partial charge in [0.25, 0.3) is 0 Å². The molecular weight excluding hydrogens is 684 g/mol. The summed E-state index contributed by atoms with van der Waals surface area (Å²) in [4.78, 5) is 114. The van der Waals surface area contributed by atoms with E-state index in [0.717, 1.165) is 0 Å². The SMILES string of the molecule is CC(C)[C@H](NC(=O)[C@H](CCCN=C(N)N)NC(=O)[C@H](CCC(=O)O)NC(=O)[C@H](CCC(=O)O)NC(=O)CNC(=O)CNC(=O)[C@@H](N)CO)C(=O)O. The highest BCUT2D eigenvalue weighted by molar-refractivity contribution is 5.96. The Kier molecular flexibility index (Phi) is 21.1. The van der Waals surface area contributed by atoms with E-state index in [-0.39, 0.29) is 25.3 Å². The molecule has 0 rings (SSSR count). The molecule has 0 bridgehead atoms. The first kappa shape index (κ1) is 45.4. The van der Waals surface area contributed by atoms with Gasteiger partial charge >= 0.3 is 17.9 Å². The van der Waals surface area contributed by atoms with E-state index in [4.69, 9.17) is 27.4 Å². The molecule has 0 unspecified atom stereocenters. The van der Waals surface area contributed by atoms with Crippen molar-refractivity contribution in [3.8, 4) is 0 Å². The zero-order valence-corrected chi connectivity index (χ0v) is 28.2. The van der Waals surface area contributed by atoms with Gasteiger partial charge in [-0.25, -0.2) is 4.79 Å². The van der Waals surface area contributed by atoms with E-state index in [1.165, 1.54) is 13.8 Å². The van der Waals surface area contributed by atoms with Crippen molar-refractivity contribution in [1.29, 1.82) is 0 Å². The number of nitrogens with zero attached hydrogens (tertiary/aromatic N) is 1. The first-order valence-corrected chi connectivity index (χ1v) is 15.6. The molecule has 0 saturated carbocycles. The molecule has 0 aliphatic rings. The molecule has 0 aromatic heterocycles. The lowest BCUT2D eigenvalue weighted by Crippen LogP contribution is -2.58. The van der Waals surface area contributed by atoms with Crippen molar-refractivity contribution in [1.82, 2.24) is 31.9 Å². The third kappa shape index (κ3) is 19.9. The number of hydrogen-bond donors (Lipinski definition) is 13. The van der Waals surface area contributed by atoms with Crippen LogP contribution in [0.3, 0.4) is 0 Å². The average molecular weight is 733 g/mol. The maximum Gasteiger partial charge on any atom is 0.326 e. The third-order valence-corrected chi connectivity index (χ3v) is 6.79. The van der Waals surface area contributed by atoms with Gasteiger partial charge < -0.3 is 69.5 Å². The number of aliphatic carboxylic acids is 3. The maximum absolute atomic E-state index is 13.4. The summed E-state index contributed by atoms with van der Waals surface area (Å²) in [6.07, 6.45) is -2.35. The number of nitrogens with two attached hydrogens (primary N) is 3. The topological polar surface area (TPSA) is 397 Å². The van der Waals surface area contributed by atoms with Crippen LogP contribution in [0.1, 0.15) is 52.4 Å². The van der Waals surface area contributed by atoms with Crippen LogP contribution in [-0.4, -0.2) is 136 Å². The number of amides is 6. The number of aliphatic hydroxyl groups is 1. The van der Waals surface area contributed by atoms with Gasteiger partial charge in [-0.3, -0.25) is 43.3 Å². The van der Waals surface area contributed by atoms with Gasteiger partial charge in [-0.2, -0.15) is 0 Å². The third-order valence-electron chi connectivity index (χ3n) is 6.79. The second kappa shape index (κ2) is 23.7. The zero-order valence-electron chi connectivity index (χ0n) is 28.2. The van der Waals surface area contributed by atoms with Gasteiger partial charge in [-0.1, -0.05) is 13.8 Å². The van der Waals surface area contributed by atoms with Crippen LogP contribution in [0.4, 0.5) is 0 Å². The molecule has 288 valence electrons. The van der Waals surface area contributed by atoms with Gasteiger partial charge in [0.2, 0.25) is 35.4 Å². The predicted molar refractivity (Wildman–Crippen MR) is 175 cm³/mol. The van der Waals surface area contributed by atoms with E-state index in [1.54, 1.807) is 0 Å². The van der Waals surface area contributed by atoms with Crippen LogP contribution in [0.2, 0.25) is 0 Å². The minimum absolute atomic E-state index is 0.0195. The second-order valence-corrected chi connectivity index (χ2v) is 11.4. The van der Waals surface area contributed by atoms with E-state index in [1.807, 2.05) is 0 Å². The van der Waals surface area contributed by atoms with Crippen molar-refractivity contribution in [2.75, 3.05) is 26.2 Å². The van der Waals surface area contributed by atoms with Gasteiger partial charge in [-0.15, -0.1) is 0 Å². The van der Waals surface area contributed by atoms with E-state index >= 15 is 0 Å². The maximum atomic E-state index is 13.4. The Morgan fingerprint density at radius 2 is 1.12 bits per heavy atom. The molecule has 51 heavy (non-hydrogen) atoms. The van der Waals surface area contributed by atoms with Gasteiger partial charge in [0.15, 0.2) is 5.96 Å². The van der Waals surface area contributed by atoms with Crippen LogP contribution in [0.15, 0.2) is 4.99 Å². The average Bonchev–Trinajstić information content (AvgIpc) is 3.04. The summed E-state index contributed by atoms with van der Waals surface area (Å²) in [5.74, 6) is -10.7. The monoisotopic (exact) mass is 732 g/mol. The summed E-state index contributed by atoms with van der Waals surface area (Å²) in [6, 6.07) is -7.31. The normalized spacial score (nSPS) is 13.6. The van der Waals surface area contributed by atoms with Gasteiger partial charge in [-0.05, 0) is 31.6 Å². The highest BCUT2D eigenvalue weighted by Gasteiger charge is 2.32. The fraction of sp³-hybridized carbons (Fsp3) is 0.643. The summed E-state index contributed by atoms with van der Waals surface area (Å²) < 4.78 is 0. The van der Waals surface area contributed by atoms with E-state index in [2.05, 4.69) is 36.9 Å². The molecule has 0 fully saturated rings. The summed E-state index contributed by atoms with van der Waals surface area (Å²) in [5.41, 5.74) is 15.9.